The van der Waals surface area contributed by atoms with Crippen LogP contribution in [0.15, 0.2) is 34.2 Å². The van der Waals surface area contributed by atoms with Crippen LogP contribution in [0.2, 0.25) is 0 Å². The lowest BCUT2D eigenvalue weighted by Crippen LogP contribution is -2.43. The van der Waals surface area contributed by atoms with E-state index < -0.39 is 16.7 Å². The number of carbonyl (C=O) groups is 1. The molecule has 0 heterocycles. The van der Waals surface area contributed by atoms with Gasteiger partial charge in [0, 0.05) is 20.6 Å². The number of sulfonamides is 1. The molecule has 0 spiro atoms. The van der Waals surface area contributed by atoms with Gasteiger partial charge in [0.25, 0.3) is 0 Å². The average molecular weight is 501 g/mol. The Balaban J connectivity index is 0.00000625. The van der Waals surface area contributed by atoms with Crippen LogP contribution in [0.5, 0.6) is 0 Å². The molecule has 0 fully saturated rings. The minimum Gasteiger partial charge on any atom is -0.356 e. The van der Waals surface area contributed by atoms with Crippen LogP contribution in [-0.4, -0.2) is 59.0 Å². The van der Waals surface area contributed by atoms with E-state index >= 15 is 0 Å². The number of benzene rings is 1. The fraction of sp³-hybridized carbons (Fsp3) is 0.467. The molecule has 11 heteroatoms. The molecule has 0 aliphatic heterocycles. The van der Waals surface area contributed by atoms with Crippen LogP contribution >= 0.6 is 24.0 Å². The van der Waals surface area contributed by atoms with Crippen molar-refractivity contribution in [3.8, 4) is 0 Å². The number of likely N-dealkylation sites (N-methyl/N-ethyl adjacent to an activating group) is 1. The summed E-state index contributed by atoms with van der Waals surface area (Å²) in [5.41, 5.74) is 0.762. The third-order valence-electron chi connectivity index (χ3n) is 3.18. The number of rotatable bonds is 8. The van der Waals surface area contributed by atoms with E-state index in [1.54, 1.807) is 26.2 Å². The van der Waals surface area contributed by atoms with Gasteiger partial charge < -0.3 is 15.5 Å². The highest BCUT2D eigenvalue weighted by Crippen LogP contribution is 2.09. The number of guanidine groups is 1. The van der Waals surface area contributed by atoms with E-state index in [0.29, 0.717) is 18.9 Å². The molecule has 1 aromatic rings. The van der Waals surface area contributed by atoms with E-state index in [1.165, 1.54) is 17.0 Å². The Labute approximate surface area is 170 Å². The maximum Gasteiger partial charge on any atom is 0.241 e. The molecular formula is C15H25FIN5O3S. The predicted octanol–water partition coefficient (Wildman–Crippen LogP) is 0.435. The van der Waals surface area contributed by atoms with Crippen LogP contribution in [0.25, 0.3) is 0 Å². The second-order valence-corrected chi connectivity index (χ2v) is 7.03. The zero-order valence-electron chi connectivity index (χ0n) is 14.7. The summed E-state index contributed by atoms with van der Waals surface area (Å²) in [7, 11) is -0.444. The number of aliphatic imine (C=N–C) groups is 1. The summed E-state index contributed by atoms with van der Waals surface area (Å²) in [6.45, 7) is 0.236. The van der Waals surface area contributed by atoms with Crippen molar-refractivity contribution < 1.29 is 17.6 Å². The number of nitrogens with one attached hydrogen (secondary N) is 2. The third kappa shape index (κ3) is 9.29. The highest BCUT2D eigenvalue weighted by atomic mass is 127. The van der Waals surface area contributed by atoms with Gasteiger partial charge in [0.05, 0.1) is 24.7 Å². The first kappa shape index (κ1) is 24.5. The van der Waals surface area contributed by atoms with Gasteiger partial charge in [0.2, 0.25) is 15.9 Å². The molecule has 0 aromatic heterocycles. The number of nitrogens with two attached hydrogens (primary N) is 1. The predicted molar refractivity (Wildman–Crippen MR) is 110 cm³/mol. The lowest BCUT2D eigenvalue weighted by molar-refractivity contribution is -0.127. The van der Waals surface area contributed by atoms with Crippen LogP contribution in [0.4, 0.5) is 4.39 Å². The largest absolute Gasteiger partial charge is 0.356 e. The fourth-order valence-corrected chi connectivity index (χ4v) is 2.24. The number of carbonyl (C=O) groups excluding carboxylic acids is 1. The quantitative estimate of drug-likeness (QED) is 0.207. The molecule has 0 bridgehead atoms. The first-order valence-electron chi connectivity index (χ1n) is 7.64. The molecule has 8 nitrogen and oxygen atoms in total. The number of primary sulfonamides is 1. The maximum absolute atomic E-state index is 12.2. The molecule has 0 unspecified atom stereocenters. The number of hydrogen-bond donors (Lipinski definition) is 3. The summed E-state index contributed by atoms with van der Waals surface area (Å²) in [4.78, 5) is 17.4. The van der Waals surface area contributed by atoms with Crippen LogP contribution < -0.4 is 15.8 Å². The van der Waals surface area contributed by atoms with Crippen LogP contribution in [0, 0.1) is 0 Å². The van der Waals surface area contributed by atoms with Crippen LogP contribution in [-0.2, 0) is 21.4 Å². The first-order valence-corrected chi connectivity index (χ1v) is 9.18. The van der Waals surface area contributed by atoms with E-state index in [2.05, 4.69) is 15.6 Å². The molecule has 1 aromatic carbocycles. The van der Waals surface area contributed by atoms with E-state index in [9.17, 15) is 17.6 Å². The Morgan fingerprint density at radius 3 is 2.35 bits per heavy atom. The Kier molecular flexibility index (Phi) is 11.3. The molecular weight excluding hydrogens is 476 g/mol. The topological polar surface area (TPSA) is 117 Å². The Morgan fingerprint density at radius 1 is 1.23 bits per heavy atom. The number of hydrogen-bond acceptors (Lipinski definition) is 4. The second kappa shape index (κ2) is 12.0. The monoisotopic (exact) mass is 501 g/mol. The van der Waals surface area contributed by atoms with Crippen LogP contribution in [0.1, 0.15) is 12.0 Å². The Morgan fingerprint density at radius 2 is 1.85 bits per heavy atom. The molecule has 0 saturated carbocycles. The van der Waals surface area contributed by atoms with E-state index in [1.807, 2.05) is 0 Å². The first-order chi connectivity index (χ1) is 11.7. The summed E-state index contributed by atoms with van der Waals surface area (Å²) in [5, 5.41) is 10.9. The van der Waals surface area contributed by atoms with Gasteiger partial charge in [-0.25, -0.2) is 18.5 Å². The average Bonchev–Trinajstić information content (AvgIpc) is 2.56. The molecule has 0 atom stereocenters. The minimum absolute atomic E-state index is 0. The third-order valence-corrected chi connectivity index (χ3v) is 4.11. The van der Waals surface area contributed by atoms with Crippen molar-refractivity contribution in [2.45, 2.75) is 17.9 Å². The van der Waals surface area contributed by atoms with Gasteiger partial charge in [-0.2, -0.15) is 0 Å². The lowest BCUT2D eigenvalue weighted by Gasteiger charge is -2.14. The highest BCUT2D eigenvalue weighted by molar-refractivity contribution is 14.0. The van der Waals surface area contributed by atoms with Gasteiger partial charge in [0.1, 0.15) is 0 Å². The fourth-order valence-electron chi connectivity index (χ4n) is 1.72. The van der Waals surface area contributed by atoms with Crippen molar-refractivity contribution >= 4 is 45.9 Å². The smallest absolute Gasteiger partial charge is 0.241 e. The van der Waals surface area contributed by atoms with Gasteiger partial charge in [-0.05, 0) is 24.1 Å². The number of halogens is 2. The number of amides is 1. The maximum atomic E-state index is 12.2. The lowest BCUT2D eigenvalue weighted by atomic mass is 10.2. The van der Waals surface area contributed by atoms with E-state index in [4.69, 9.17) is 5.14 Å². The van der Waals surface area contributed by atoms with Crippen molar-refractivity contribution in [2.75, 3.05) is 33.9 Å². The zero-order chi connectivity index (χ0) is 18.9. The van der Waals surface area contributed by atoms with E-state index in [-0.39, 0.29) is 47.9 Å². The molecule has 0 radical (unpaired) electrons. The van der Waals surface area contributed by atoms with Crippen molar-refractivity contribution in [1.29, 1.82) is 0 Å². The number of alkyl halides is 1. The molecule has 148 valence electrons. The summed E-state index contributed by atoms with van der Waals surface area (Å²) in [5.74, 6) is 0.247. The Hall–Kier alpha value is -1.47. The van der Waals surface area contributed by atoms with Crippen LogP contribution in [0.3, 0.4) is 0 Å². The summed E-state index contributed by atoms with van der Waals surface area (Å²) >= 11 is 0. The molecule has 4 N–H and O–H groups in total. The minimum atomic E-state index is -3.73. The van der Waals surface area contributed by atoms with Gasteiger partial charge in [0.15, 0.2) is 5.96 Å². The van der Waals surface area contributed by atoms with Crippen molar-refractivity contribution in [3.63, 3.8) is 0 Å². The van der Waals surface area contributed by atoms with E-state index in [0.717, 1.165) is 5.56 Å². The summed E-state index contributed by atoms with van der Waals surface area (Å²) < 4.78 is 34.7. The summed E-state index contributed by atoms with van der Waals surface area (Å²) in [6, 6.07) is 6.01. The second-order valence-electron chi connectivity index (χ2n) is 5.46. The SMILES string of the molecule is CN(C)C(=O)CNC(=NCc1ccc(S(N)(=O)=O)cc1)NCCCF.I. The standard InChI is InChI=1S/C15H24FN5O3S.HI/c1-21(2)14(22)11-20-15(18-9-3-8-16)19-10-12-4-6-13(7-5-12)25(17,23)24;/h4-7H,3,8-11H2,1-2H3,(H2,17,23,24)(H2,18,19,20);1H. The molecule has 1 amide bonds. The Bertz CT molecular complexity index is 696. The molecule has 26 heavy (non-hydrogen) atoms. The molecule has 0 saturated heterocycles. The normalized spacial score (nSPS) is 11.5. The van der Waals surface area contributed by atoms with Gasteiger partial charge in [-0.1, -0.05) is 12.1 Å². The van der Waals surface area contributed by atoms with Gasteiger partial charge in [-0.3, -0.25) is 9.18 Å². The number of nitrogens with zero attached hydrogens (tertiary/aromatic N) is 2. The zero-order valence-corrected chi connectivity index (χ0v) is 17.9. The highest BCUT2D eigenvalue weighted by Gasteiger charge is 2.08. The molecule has 0 aliphatic rings. The van der Waals surface area contributed by atoms with Crippen molar-refractivity contribution in [3.05, 3.63) is 29.8 Å². The van der Waals surface area contributed by atoms with Crippen molar-refractivity contribution in [2.24, 2.45) is 10.1 Å². The molecule has 1 rings (SSSR count). The van der Waals surface area contributed by atoms with Crippen molar-refractivity contribution in [1.82, 2.24) is 15.5 Å². The molecule has 0 aliphatic carbocycles. The van der Waals surface area contributed by atoms with Gasteiger partial charge >= 0.3 is 0 Å². The summed E-state index contributed by atoms with van der Waals surface area (Å²) in [6.07, 6.45) is 0.325. The van der Waals surface area contributed by atoms with Gasteiger partial charge in [-0.15, -0.1) is 24.0 Å².